The van der Waals surface area contributed by atoms with Gasteiger partial charge in [-0.05, 0) is 38.8 Å². The van der Waals surface area contributed by atoms with Crippen LogP contribution in [-0.4, -0.2) is 45.0 Å². The Kier molecular flexibility index (Phi) is 7.22. The maximum absolute atomic E-state index is 10.8. The lowest BCUT2D eigenvalue weighted by molar-refractivity contribution is -0.384. The van der Waals surface area contributed by atoms with Crippen molar-refractivity contribution in [2.75, 3.05) is 13.2 Å². The Balaban J connectivity index is 2.03. The van der Waals surface area contributed by atoms with E-state index < -0.39 is 11.0 Å². The minimum absolute atomic E-state index is 0.000607. The van der Waals surface area contributed by atoms with Crippen LogP contribution in [-0.2, 0) is 4.74 Å². The van der Waals surface area contributed by atoms with Gasteiger partial charge in [0.2, 0.25) is 11.7 Å². The van der Waals surface area contributed by atoms with Crippen LogP contribution in [0.15, 0.2) is 28.8 Å². The Morgan fingerprint density at radius 3 is 2.46 bits per heavy atom. The lowest BCUT2D eigenvalue weighted by Gasteiger charge is -2.24. The number of nitrogens with zero attached hydrogens (tertiary/aromatic N) is 3. The Hall–Kier alpha value is -2.36. The van der Waals surface area contributed by atoms with Crippen LogP contribution < -0.4 is 5.32 Å². The average Bonchev–Trinajstić information content (AvgIpc) is 3.09. The molecule has 28 heavy (non-hydrogen) atoms. The van der Waals surface area contributed by atoms with E-state index in [1.165, 1.54) is 12.1 Å². The molecule has 2 atom stereocenters. The van der Waals surface area contributed by atoms with Crippen molar-refractivity contribution in [3.63, 3.8) is 0 Å². The SMILES string of the molecule is CC(C)[C@H](NC[C@@H](O)COC(C)(C)C)c1nc(-c2ccc([N+](=O)[O-])cc2)no1. The van der Waals surface area contributed by atoms with E-state index in [0.29, 0.717) is 23.8 Å². The molecule has 0 bridgehead atoms. The molecule has 0 aliphatic rings. The fourth-order valence-electron chi connectivity index (χ4n) is 2.49. The van der Waals surface area contributed by atoms with Gasteiger partial charge in [-0.15, -0.1) is 0 Å². The van der Waals surface area contributed by atoms with E-state index in [-0.39, 0.29) is 29.9 Å². The zero-order valence-electron chi connectivity index (χ0n) is 16.9. The first-order chi connectivity index (χ1) is 13.1. The van der Waals surface area contributed by atoms with Gasteiger partial charge in [0, 0.05) is 24.2 Å². The van der Waals surface area contributed by atoms with Gasteiger partial charge in [-0.1, -0.05) is 19.0 Å². The molecule has 2 aromatic rings. The number of nitro benzene ring substituents is 1. The van der Waals surface area contributed by atoms with E-state index >= 15 is 0 Å². The van der Waals surface area contributed by atoms with Crippen molar-refractivity contribution in [3.8, 4) is 11.4 Å². The van der Waals surface area contributed by atoms with Gasteiger partial charge in [-0.3, -0.25) is 10.1 Å². The summed E-state index contributed by atoms with van der Waals surface area (Å²) < 4.78 is 11.0. The van der Waals surface area contributed by atoms with Crippen LogP contribution in [0.25, 0.3) is 11.4 Å². The summed E-state index contributed by atoms with van der Waals surface area (Å²) in [5, 5.41) is 28.1. The van der Waals surface area contributed by atoms with Crippen molar-refractivity contribution in [2.45, 2.75) is 52.4 Å². The van der Waals surface area contributed by atoms with Gasteiger partial charge in [-0.25, -0.2) is 0 Å². The molecule has 9 heteroatoms. The van der Waals surface area contributed by atoms with Gasteiger partial charge in [0.15, 0.2) is 0 Å². The lowest BCUT2D eigenvalue weighted by Crippen LogP contribution is -2.37. The summed E-state index contributed by atoms with van der Waals surface area (Å²) in [4.78, 5) is 14.7. The largest absolute Gasteiger partial charge is 0.389 e. The van der Waals surface area contributed by atoms with Crippen molar-refractivity contribution >= 4 is 5.69 Å². The molecule has 154 valence electrons. The molecule has 0 radical (unpaired) electrons. The highest BCUT2D eigenvalue weighted by atomic mass is 16.6. The van der Waals surface area contributed by atoms with Crippen LogP contribution >= 0.6 is 0 Å². The molecule has 0 unspecified atom stereocenters. The second-order valence-electron chi connectivity index (χ2n) is 7.97. The molecule has 0 saturated heterocycles. The van der Waals surface area contributed by atoms with Crippen molar-refractivity contribution in [2.24, 2.45) is 5.92 Å². The van der Waals surface area contributed by atoms with Gasteiger partial charge < -0.3 is 19.7 Å². The fraction of sp³-hybridized carbons (Fsp3) is 0.579. The number of ether oxygens (including phenoxy) is 1. The number of aromatic nitrogens is 2. The summed E-state index contributed by atoms with van der Waals surface area (Å²) in [5.41, 5.74) is 0.312. The number of nitrogens with one attached hydrogen (secondary N) is 1. The molecule has 0 fully saturated rings. The average molecular weight is 392 g/mol. The fourth-order valence-corrected chi connectivity index (χ4v) is 2.49. The van der Waals surface area contributed by atoms with Crippen LogP contribution in [0.1, 0.15) is 46.6 Å². The van der Waals surface area contributed by atoms with Crippen molar-refractivity contribution < 1.29 is 19.3 Å². The summed E-state index contributed by atoms with van der Waals surface area (Å²) in [6, 6.07) is 5.71. The first-order valence-electron chi connectivity index (χ1n) is 9.20. The first kappa shape index (κ1) is 21.9. The molecule has 1 heterocycles. The number of benzene rings is 1. The summed E-state index contributed by atoms with van der Waals surface area (Å²) in [6.45, 7) is 10.3. The molecule has 0 saturated carbocycles. The van der Waals surface area contributed by atoms with Crippen LogP contribution in [0.5, 0.6) is 0 Å². The van der Waals surface area contributed by atoms with Gasteiger partial charge >= 0.3 is 0 Å². The third-order valence-corrected chi connectivity index (χ3v) is 3.99. The number of rotatable bonds is 9. The molecule has 1 aromatic heterocycles. The summed E-state index contributed by atoms with van der Waals surface area (Å²) in [5.74, 6) is 0.891. The first-order valence-corrected chi connectivity index (χ1v) is 9.20. The Labute approximate surface area is 164 Å². The maximum atomic E-state index is 10.8. The van der Waals surface area contributed by atoms with Crippen molar-refractivity contribution in [1.82, 2.24) is 15.5 Å². The zero-order chi connectivity index (χ0) is 20.9. The number of aliphatic hydroxyl groups excluding tert-OH is 1. The molecule has 0 aliphatic carbocycles. The maximum Gasteiger partial charge on any atom is 0.269 e. The third kappa shape index (κ3) is 6.36. The zero-order valence-corrected chi connectivity index (χ0v) is 16.9. The van der Waals surface area contributed by atoms with E-state index in [9.17, 15) is 15.2 Å². The minimum Gasteiger partial charge on any atom is -0.389 e. The number of nitro groups is 1. The van der Waals surface area contributed by atoms with Crippen molar-refractivity contribution in [3.05, 3.63) is 40.3 Å². The molecular weight excluding hydrogens is 364 g/mol. The highest BCUT2D eigenvalue weighted by Gasteiger charge is 2.24. The highest BCUT2D eigenvalue weighted by Crippen LogP contribution is 2.24. The van der Waals surface area contributed by atoms with E-state index in [1.807, 2.05) is 34.6 Å². The van der Waals surface area contributed by atoms with Gasteiger partial charge in [0.05, 0.1) is 29.3 Å². The monoisotopic (exact) mass is 392 g/mol. The normalized spacial score (nSPS) is 14.2. The molecule has 0 amide bonds. The van der Waals surface area contributed by atoms with E-state index in [1.54, 1.807) is 12.1 Å². The standard InChI is InChI=1S/C19H28N4O5/c1-12(2)16(20-10-15(24)11-27-19(3,4)5)18-21-17(22-28-18)13-6-8-14(9-7-13)23(25)26/h6-9,12,15-16,20,24H,10-11H2,1-5H3/t15-,16+/m1/s1. The number of hydrogen-bond donors (Lipinski definition) is 2. The highest BCUT2D eigenvalue weighted by molar-refractivity contribution is 5.56. The second-order valence-corrected chi connectivity index (χ2v) is 7.97. The Morgan fingerprint density at radius 2 is 1.93 bits per heavy atom. The molecule has 2 rings (SSSR count). The molecular formula is C19H28N4O5. The molecule has 0 aliphatic heterocycles. The predicted octanol–water partition coefficient (Wildman–Crippen LogP) is 3.11. The van der Waals surface area contributed by atoms with Crippen molar-refractivity contribution in [1.29, 1.82) is 0 Å². The van der Waals surface area contributed by atoms with Gasteiger partial charge in [0.1, 0.15) is 0 Å². The van der Waals surface area contributed by atoms with E-state index in [2.05, 4.69) is 15.5 Å². The lowest BCUT2D eigenvalue weighted by atomic mass is 10.0. The second kappa shape index (κ2) is 9.22. The van der Waals surface area contributed by atoms with E-state index in [0.717, 1.165) is 0 Å². The van der Waals surface area contributed by atoms with Crippen LogP contribution in [0.2, 0.25) is 0 Å². The minimum atomic E-state index is -0.669. The van der Waals surface area contributed by atoms with Crippen LogP contribution in [0.4, 0.5) is 5.69 Å². The number of hydrogen-bond acceptors (Lipinski definition) is 8. The Bertz CT molecular complexity index is 767. The molecule has 1 aromatic carbocycles. The van der Waals surface area contributed by atoms with Crippen LogP contribution in [0, 0.1) is 16.0 Å². The third-order valence-electron chi connectivity index (χ3n) is 3.99. The van der Waals surface area contributed by atoms with Gasteiger partial charge in [-0.2, -0.15) is 4.98 Å². The van der Waals surface area contributed by atoms with Gasteiger partial charge in [0.25, 0.3) is 5.69 Å². The topological polar surface area (TPSA) is 124 Å². The predicted molar refractivity (Wildman–Crippen MR) is 104 cm³/mol. The van der Waals surface area contributed by atoms with E-state index in [4.69, 9.17) is 9.26 Å². The molecule has 2 N–H and O–H groups in total. The number of aliphatic hydroxyl groups is 1. The number of non-ortho nitro benzene ring substituents is 1. The smallest absolute Gasteiger partial charge is 0.269 e. The Morgan fingerprint density at radius 1 is 1.29 bits per heavy atom. The summed E-state index contributed by atoms with van der Waals surface area (Å²) >= 11 is 0. The summed E-state index contributed by atoms with van der Waals surface area (Å²) in [7, 11) is 0. The van der Waals surface area contributed by atoms with Crippen LogP contribution in [0.3, 0.4) is 0 Å². The molecule has 0 spiro atoms. The molecule has 9 nitrogen and oxygen atoms in total. The summed E-state index contributed by atoms with van der Waals surface area (Å²) in [6.07, 6.45) is -0.669. The quantitative estimate of drug-likeness (QED) is 0.493.